The molecule has 27 heavy (non-hydrogen) atoms. The van der Waals surface area contributed by atoms with E-state index in [2.05, 4.69) is 31.4 Å². The molecule has 4 nitrogen and oxygen atoms in total. The van der Waals surface area contributed by atoms with Crippen molar-refractivity contribution in [1.82, 2.24) is 5.32 Å². The zero-order valence-corrected chi connectivity index (χ0v) is 15.9. The Morgan fingerprint density at radius 1 is 0.852 bits per heavy atom. The van der Waals surface area contributed by atoms with Gasteiger partial charge in [0.05, 0.1) is 6.54 Å². The molecule has 0 radical (unpaired) electrons. The number of anilines is 1. The second-order valence-electron chi connectivity index (χ2n) is 7.58. The van der Waals surface area contributed by atoms with Crippen LogP contribution in [0.15, 0.2) is 66.7 Å². The molecule has 0 saturated heterocycles. The van der Waals surface area contributed by atoms with Crippen molar-refractivity contribution in [2.24, 2.45) is 0 Å². The molecule has 3 aromatic rings. The number of carbonyl (C=O) groups excluding carboxylic acids is 2. The maximum absolute atomic E-state index is 12.3. The molecule has 0 aliphatic heterocycles. The van der Waals surface area contributed by atoms with Crippen LogP contribution in [0.25, 0.3) is 10.8 Å². The molecule has 3 aromatic carbocycles. The predicted molar refractivity (Wildman–Crippen MR) is 110 cm³/mol. The van der Waals surface area contributed by atoms with E-state index in [1.807, 2.05) is 54.6 Å². The van der Waals surface area contributed by atoms with Crippen LogP contribution in [0.5, 0.6) is 0 Å². The maximum atomic E-state index is 12.3. The van der Waals surface area contributed by atoms with Crippen LogP contribution in [0, 0.1) is 0 Å². The number of hydrogen-bond acceptors (Lipinski definition) is 2. The zero-order chi connectivity index (χ0) is 19.4. The number of hydrogen-bond donors (Lipinski definition) is 2. The van der Waals surface area contributed by atoms with Crippen LogP contribution in [-0.2, 0) is 10.2 Å². The quantitative estimate of drug-likeness (QED) is 0.719. The fourth-order valence-corrected chi connectivity index (χ4v) is 2.91. The van der Waals surface area contributed by atoms with Crippen LogP contribution in [-0.4, -0.2) is 18.4 Å². The van der Waals surface area contributed by atoms with Gasteiger partial charge in [-0.2, -0.15) is 0 Å². The normalized spacial score (nSPS) is 11.2. The molecule has 0 aromatic heterocycles. The van der Waals surface area contributed by atoms with Gasteiger partial charge in [-0.05, 0) is 34.6 Å². The van der Waals surface area contributed by atoms with Crippen LogP contribution in [0.1, 0.15) is 36.7 Å². The van der Waals surface area contributed by atoms with E-state index >= 15 is 0 Å². The summed E-state index contributed by atoms with van der Waals surface area (Å²) in [7, 11) is 0. The average molecular weight is 360 g/mol. The van der Waals surface area contributed by atoms with Crippen LogP contribution in [0.3, 0.4) is 0 Å². The first-order chi connectivity index (χ1) is 12.8. The van der Waals surface area contributed by atoms with Gasteiger partial charge < -0.3 is 10.6 Å². The molecule has 138 valence electrons. The SMILES string of the molecule is CC(C)(C)c1ccc(C(=O)NCC(=O)Nc2cccc3ccccc23)cc1. The molecular weight excluding hydrogens is 336 g/mol. The second-order valence-corrected chi connectivity index (χ2v) is 7.58. The number of fused-ring (bicyclic) bond motifs is 1. The number of benzene rings is 3. The molecule has 2 N–H and O–H groups in total. The van der Waals surface area contributed by atoms with E-state index in [1.54, 1.807) is 12.1 Å². The first-order valence-electron chi connectivity index (χ1n) is 9.01. The molecule has 0 fully saturated rings. The van der Waals surface area contributed by atoms with E-state index < -0.39 is 0 Å². The molecule has 2 amide bonds. The zero-order valence-electron chi connectivity index (χ0n) is 15.9. The van der Waals surface area contributed by atoms with Crippen LogP contribution in [0.4, 0.5) is 5.69 Å². The molecule has 0 spiro atoms. The number of carbonyl (C=O) groups is 2. The van der Waals surface area contributed by atoms with E-state index in [-0.39, 0.29) is 23.8 Å². The Kier molecular flexibility index (Phi) is 5.26. The highest BCUT2D eigenvalue weighted by molar-refractivity contribution is 6.04. The van der Waals surface area contributed by atoms with Gasteiger partial charge in [0, 0.05) is 16.6 Å². The van der Waals surface area contributed by atoms with Gasteiger partial charge in [0.1, 0.15) is 0 Å². The Labute approximate surface area is 159 Å². The van der Waals surface area contributed by atoms with Gasteiger partial charge in [0.2, 0.25) is 5.91 Å². The van der Waals surface area contributed by atoms with Crippen molar-refractivity contribution in [2.45, 2.75) is 26.2 Å². The minimum absolute atomic E-state index is 0.0351. The summed E-state index contributed by atoms with van der Waals surface area (Å²) in [6.07, 6.45) is 0. The summed E-state index contributed by atoms with van der Waals surface area (Å²) in [5.41, 5.74) is 2.48. The summed E-state index contributed by atoms with van der Waals surface area (Å²) in [6, 6.07) is 21.1. The Bertz CT molecular complexity index is 964. The fourth-order valence-electron chi connectivity index (χ4n) is 2.91. The number of rotatable bonds is 4. The topological polar surface area (TPSA) is 58.2 Å². The van der Waals surface area contributed by atoms with E-state index in [0.717, 1.165) is 22.0 Å². The second kappa shape index (κ2) is 7.62. The van der Waals surface area contributed by atoms with Crippen molar-refractivity contribution in [3.05, 3.63) is 77.9 Å². The van der Waals surface area contributed by atoms with Gasteiger partial charge in [-0.15, -0.1) is 0 Å². The molecule has 0 heterocycles. The lowest BCUT2D eigenvalue weighted by molar-refractivity contribution is -0.115. The Balaban J connectivity index is 1.61. The third-order valence-electron chi connectivity index (χ3n) is 4.49. The Morgan fingerprint density at radius 2 is 1.52 bits per heavy atom. The van der Waals surface area contributed by atoms with Crippen molar-refractivity contribution in [2.75, 3.05) is 11.9 Å². The largest absolute Gasteiger partial charge is 0.343 e. The van der Waals surface area contributed by atoms with Gasteiger partial charge >= 0.3 is 0 Å². The molecule has 3 rings (SSSR count). The van der Waals surface area contributed by atoms with Crippen molar-refractivity contribution in [3.63, 3.8) is 0 Å². The lowest BCUT2D eigenvalue weighted by Gasteiger charge is -2.19. The molecule has 0 atom stereocenters. The summed E-state index contributed by atoms with van der Waals surface area (Å²) < 4.78 is 0. The fraction of sp³-hybridized carbons (Fsp3) is 0.217. The first kappa shape index (κ1) is 18.6. The van der Waals surface area contributed by atoms with Crippen molar-refractivity contribution in [3.8, 4) is 0 Å². The van der Waals surface area contributed by atoms with Crippen LogP contribution in [0.2, 0.25) is 0 Å². The minimum atomic E-state index is -0.261. The Morgan fingerprint density at radius 3 is 2.22 bits per heavy atom. The summed E-state index contributed by atoms with van der Waals surface area (Å²) in [4.78, 5) is 24.5. The van der Waals surface area contributed by atoms with Crippen LogP contribution < -0.4 is 10.6 Å². The summed E-state index contributed by atoms with van der Waals surface area (Å²) in [6.45, 7) is 6.29. The minimum Gasteiger partial charge on any atom is -0.343 e. The highest BCUT2D eigenvalue weighted by atomic mass is 16.2. The van der Waals surface area contributed by atoms with E-state index in [0.29, 0.717) is 5.56 Å². The first-order valence-corrected chi connectivity index (χ1v) is 9.01. The predicted octanol–water partition coefficient (Wildman–Crippen LogP) is 4.51. The number of amides is 2. The van der Waals surface area contributed by atoms with Gasteiger partial charge in [-0.1, -0.05) is 69.3 Å². The monoisotopic (exact) mass is 360 g/mol. The number of nitrogens with one attached hydrogen (secondary N) is 2. The summed E-state index contributed by atoms with van der Waals surface area (Å²) in [5, 5.41) is 7.57. The summed E-state index contributed by atoms with van der Waals surface area (Å²) in [5.74, 6) is -0.519. The van der Waals surface area contributed by atoms with Crippen molar-refractivity contribution >= 4 is 28.3 Å². The third-order valence-corrected chi connectivity index (χ3v) is 4.49. The molecule has 0 saturated carbocycles. The van der Waals surface area contributed by atoms with E-state index in [9.17, 15) is 9.59 Å². The highest BCUT2D eigenvalue weighted by Gasteiger charge is 2.14. The van der Waals surface area contributed by atoms with Gasteiger partial charge in [-0.3, -0.25) is 9.59 Å². The molecule has 4 heteroatoms. The molecular formula is C23H24N2O2. The Hall–Kier alpha value is -3.14. The van der Waals surface area contributed by atoms with Gasteiger partial charge in [0.15, 0.2) is 0 Å². The van der Waals surface area contributed by atoms with E-state index in [1.165, 1.54) is 0 Å². The third kappa shape index (κ3) is 4.53. The molecule has 0 aliphatic rings. The molecule has 0 aliphatic carbocycles. The lowest BCUT2D eigenvalue weighted by atomic mass is 9.87. The van der Waals surface area contributed by atoms with Gasteiger partial charge in [0.25, 0.3) is 5.91 Å². The lowest BCUT2D eigenvalue weighted by Crippen LogP contribution is -2.32. The van der Waals surface area contributed by atoms with Crippen LogP contribution >= 0.6 is 0 Å². The van der Waals surface area contributed by atoms with E-state index in [4.69, 9.17) is 0 Å². The molecule has 0 unspecified atom stereocenters. The van der Waals surface area contributed by atoms with Gasteiger partial charge in [-0.25, -0.2) is 0 Å². The standard InChI is InChI=1S/C23H24N2O2/c1-23(2,3)18-13-11-17(12-14-18)22(27)24-15-21(26)25-20-10-6-8-16-7-4-5-9-19(16)20/h4-14H,15H2,1-3H3,(H,24,27)(H,25,26). The summed E-state index contributed by atoms with van der Waals surface area (Å²) >= 11 is 0. The van der Waals surface area contributed by atoms with Crippen molar-refractivity contribution in [1.29, 1.82) is 0 Å². The maximum Gasteiger partial charge on any atom is 0.251 e. The van der Waals surface area contributed by atoms with Crippen molar-refractivity contribution < 1.29 is 9.59 Å². The molecule has 0 bridgehead atoms. The highest BCUT2D eigenvalue weighted by Crippen LogP contribution is 2.23. The smallest absolute Gasteiger partial charge is 0.251 e. The average Bonchev–Trinajstić information content (AvgIpc) is 2.66.